The van der Waals surface area contributed by atoms with E-state index in [1.54, 1.807) is 0 Å². The molecular formula is C11H23N3O. The van der Waals surface area contributed by atoms with Crippen LogP contribution in [0.3, 0.4) is 0 Å². The molecule has 0 aliphatic carbocycles. The molecule has 0 aromatic carbocycles. The Morgan fingerprint density at radius 2 is 2.27 bits per heavy atom. The highest BCUT2D eigenvalue weighted by atomic mass is 16.2. The first-order chi connectivity index (χ1) is 7.06. The molecule has 1 unspecified atom stereocenters. The van der Waals surface area contributed by atoms with Crippen LogP contribution in [0, 0.1) is 0 Å². The van der Waals surface area contributed by atoms with E-state index in [1.165, 1.54) is 0 Å². The number of rotatable bonds is 4. The summed E-state index contributed by atoms with van der Waals surface area (Å²) in [5.41, 5.74) is 5.78. The monoisotopic (exact) mass is 213 g/mol. The molecule has 1 amide bonds. The number of amides is 1. The number of carbonyl (C=O) groups excluding carboxylic acids is 1. The third-order valence-corrected chi connectivity index (χ3v) is 2.99. The summed E-state index contributed by atoms with van der Waals surface area (Å²) in [4.78, 5) is 16.0. The van der Waals surface area contributed by atoms with Gasteiger partial charge < -0.3 is 15.5 Å². The Labute approximate surface area is 92.4 Å². The third-order valence-electron chi connectivity index (χ3n) is 2.99. The normalized spacial score (nSPS) is 23.5. The molecule has 1 aliphatic rings. The Hall–Kier alpha value is -0.610. The van der Waals surface area contributed by atoms with Gasteiger partial charge in [-0.2, -0.15) is 0 Å². The maximum absolute atomic E-state index is 12.0. The molecule has 88 valence electrons. The second kappa shape index (κ2) is 5.47. The van der Waals surface area contributed by atoms with Crippen molar-refractivity contribution in [1.29, 1.82) is 0 Å². The average molecular weight is 213 g/mol. The van der Waals surface area contributed by atoms with E-state index in [4.69, 9.17) is 5.73 Å². The molecule has 1 rings (SSSR count). The van der Waals surface area contributed by atoms with Gasteiger partial charge in [0.05, 0.1) is 6.04 Å². The Morgan fingerprint density at radius 1 is 1.60 bits per heavy atom. The first-order valence-corrected chi connectivity index (χ1v) is 5.77. The molecular weight excluding hydrogens is 190 g/mol. The summed E-state index contributed by atoms with van der Waals surface area (Å²) in [6.07, 6.45) is 2.95. The summed E-state index contributed by atoms with van der Waals surface area (Å²) in [6, 6.07) is 0.0536. The fourth-order valence-electron chi connectivity index (χ4n) is 2.12. The lowest BCUT2D eigenvalue weighted by molar-refractivity contribution is -0.133. The number of hydrogen-bond donors (Lipinski definition) is 1. The lowest BCUT2D eigenvalue weighted by Crippen LogP contribution is -2.48. The quantitative estimate of drug-likeness (QED) is 0.729. The summed E-state index contributed by atoms with van der Waals surface area (Å²) < 4.78 is 0. The number of likely N-dealkylation sites (N-methyl/N-ethyl adjacent to an activating group) is 1. The van der Waals surface area contributed by atoms with Gasteiger partial charge in [-0.1, -0.05) is 6.92 Å². The number of nitrogens with zero attached hydrogens (tertiary/aromatic N) is 2. The second-order valence-corrected chi connectivity index (χ2v) is 4.60. The molecule has 0 saturated carbocycles. The molecule has 1 fully saturated rings. The van der Waals surface area contributed by atoms with Crippen LogP contribution in [0.15, 0.2) is 0 Å². The zero-order valence-electron chi connectivity index (χ0n) is 10.1. The maximum atomic E-state index is 12.0. The minimum atomic E-state index is -0.312. The molecule has 2 atom stereocenters. The summed E-state index contributed by atoms with van der Waals surface area (Å²) in [6.45, 7) is 3.78. The first-order valence-electron chi connectivity index (χ1n) is 5.77. The van der Waals surface area contributed by atoms with Crippen molar-refractivity contribution in [2.45, 2.75) is 38.3 Å². The van der Waals surface area contributed by atoms with Gasteiger partial charge in [-0.15, -0.1) is 0 Å². The van der Waals surface area contributed by atoms with Crippen LogP contribution in [0.4, 0.5) is 0 Å². The van der Waals surface area contributed by atoms with Crippen LogP contribution < -0.4 is 5.73 Å². The molecule has 1 heterocycles. The van der Waals surface area contributed by atoms with E-state index in [1.807, 2.05) is 25.9 Å². The number of hydrogen-bond acceptors (Lipinski definition) is 3. The van der Waals surface area contributed by atoms with Crippen molar-refractivity contribution < 1.29 is 4.79 Å². The number of likely N-dealkylation sites (tertiary alicyclic amines) is 1. The van der Waals surface area contributed by atoms with Crippen molar-refractivity contribution >= 4 is 5.91 Å². The van der Waals surface area contributed by atoms with E-state index >= 15 is 0 Å². The second-order valence-electron chi connectivity index (χ2n) is 4.60. The van der Waals surface area contributed by atoms with Crippen molar-refractivity contribution in [1.82, 2.24) is 9.80 Å². The van der Waals surface area contributed by atoms with Gasteiger partial charge in [0.1, 0.15) is 0 Å². The Balaban J connectivity index is 2.55. The predicted molar refractivity (Wildman–Crippen MR) is 61.6 cm³/mol. The van der Waals surface area contributed by atoms with E-state index < -0.39 is 0 Å². The summed E-state index contributed by atoms with van der Waals surface area (Å²) in [5, 5.41) is 0. The molecule has 0 spiro atoms. The van der Waals surface area contributed by atoms with Crippen LogP contribution in [0.5, 0.6) is 0 Å². The molecule has 0 bridgehead atoms. The largest absolute Gasteiger partial charge is 0.337 e. The molecule has 4 nitrogen and oxygen atoms in total. The van der Waals surface area contributed by atoms with Crippen LogP contribution in [0.2, 0.25) is 0 Å². The van der Waals surface area contributed by atoms with Crippen LogP contribution >= 0.6 is 0 Å². The van der Waals surface area contributed by atoms with Crippen LogP contribution in [0.1, 0.15) is 26.2 Å². The Bertz CT molecular complexity index is 218. The van der Waals surface area contributed by atoms with Crippen molar-refractivity contribution in [3.05, 3.63) is 0 Å². The van der Waals surface area contributed by atoms with Crippen LogP contribution in [-0.4, -0.2) is 55.0 Å². The van der Waals surface area contributed by atoms with E-state index in [-0.39, 0.29) is 11.9 Å². The zero-order valence-corrected chi connectivity index (χ0v) is 10.1. The molecule has 0 radical (unpaired) electrons. The summed E-state index contributed by atoms with van der Waals surface area (Å²) in [5.74, 6) is 0.127. The molecule has 4 heteroatoms. The predicted octanol–water partition coefficient (Wildman–Crippen LogP) is 0.276. The van der Waals surface area contributed by atoms with Gasteiger partial charge in [0.2, 0.25) is 5.91 Å². The van der Waals surface area contributed by atoms with Gasteiger partial charge in [0.15, 0.2) is 0 Å². The SMILES string of the molecule is CC[C@H](N)C(=O)N1CCCC1CN(C)C. The molecule has 1 saturated heterocycles. The van der Waals surface area contributed by atoms with E-state index in [2.05, 4.69) is 4.90 Å². The lowest BCUT2D eigenvalue weighted by Gasteiger charge is -2.29. The summed E-state index contributed by atoms with van der Waals surface area (Å²) in [7, 11) is 4.08. The highest BCUT2D eigenvalue weighted by Crippen LogP contribution is 2.18. The Kier molecular flexibility index (Phi) is 4.54. The van der Waals surface area contributed by atoms with E-state index in [9.17, 15) is 4.79 Å². The molecule has 0 aromatic heterocycles. The average Bonchev–Trinajstić information content (AvgIpc) is 2.62. The topological polar surface area (TPSA) is 49.6 Å². The fourth-order valence-corrected chi connectivity index (χ4v) is 2.12. The van der Waals surface area contributed by atoms with Crippen LogP contribution in [-0.2, 0) is 4.79 Å². The number of nitrogens with two attached hydrogens (primary N) is 1. The van der Waals surface area contributed by atoms with Crippen molar-refractivity contribution in [3.8, 4) is 0 Å². The van der Waals surface area contributed by atoms with Crippen molar-refractivity contribution in [2.75, 3.05) is 27.2 Å². The highest BCUT2D eigenvalue weighted by molar-refractivity contribution is 5.82. The Morgan fingerprint density at radius 3 is 2.80 bits per heavy atom. The van der Waals surface area contributed by atoms with Crippen molar-refractivity contribution in [2.24, 2.45) is 5.73 Å². The van der Waals surface area contributed by atoms with Crippen molar-refractivity contribution in [3.63, 3.8) is 0 Å². The standard InChI is InChI=1S/C11H23N3O/c1-4-10(12)11(15)14-7-5-6-9(14)8-13(2)3/h9-10H,4-8,12H2,1-3H3/t9?,10-/m0/s1. The highest BCUT2D eigenvalue weighted by Gasteiger charge is 2.30. The maximum Gasteiger partial charge on any atom is 0.239 e. The van der Waals surface area contributed by atoms with Gasteiger partial charge in [-0.25, -0.2) is 0 Å². The smallest absolute Gasteiger partial charge is 0.239 e. The van der Waals surface area contributed by atoms with Gasteiger partial charge in [0, 0.05) is 19.1 Å². The van der Waals surface area contributed by atoms with E-state index in [0.29, 0.717) is 6.04 Å². The summed E-state index contributed by atoms with van der Waals surface area (Å²) >= 11 is 0. The zero-order chi connectivity index (χ0) is 11.4. The van der Waals surface area contributed by atoms with Gasteiger partial charge in [-0.3, -0.25) is 4.79 Å². The number of carbonyl (C=O) groups is 1. The minimum absolute atomic E-state index is 0.127. The molecule has 15 heavy (non-hydrogen) atoms. The first kappa shape index (κ1) is 12.5. The molecule has 2 N–H and O–H groups in total. The molecule has 1 aliphatic heterocycles. The third kappa shape index (κ3) is 3.18. The lowest BCUT2D eigenvalue weighted by atomic mass is 10.1. The van der Waals surface area contributed by atoms with Gasteiger partial charge in [-0.05, 0) is 33.4 Å². The van der Waals surface area contributed by atoms with Gasteiger partial charge >= 0.3 is 0 Å². The van der Waals surface area contributed by atoms with Gasteiger partial charge in [0.25, 0.3) is 0 Å². The fraction of sp³-hybridized carbons (Fsp3) is 0.909. The minimum Gasteiger partial charge on any atom is -0.337 e. The van der Waals surface area contributed by atoms with E-state index in [0.717, 1.165) is 32.4 Å². The molecule has 0 aromatic rings. The van der Waals surface area contributed by atoms with Crippen LogP contribution in [0.25, 0.3) is 0 Å².